The predicted octanol–water partition coefficient (Wildman–Crippen LogP) is 2.38. The Kier molecular flexibility index (Phi) is 4.97. The molecular weight excluding hydrogens is 236 g/mol. The van der Waals surface area contributed by atoms with Crippen molar-refractivity contribution in [3.05, 3.63) is 35.9 Å². The van der Waals surface area contributed by atoms with Crippen LogP contribution in [0.25, 0.3) is 0 Å². The standard InChI is InChI=1S/C16H24N2O/c1-2-3-9-16(19)18-11-14(10-17)15(12-18)13-7-5-4-6-8-13/h4-8,14-15H,2-3,9-12,17H2,1H3/t14-,15+/m1/s1. The highest BCUT2D eigenvalue weighted by atomic mass is 16.2. The number of carbonyl (C=O) groups excluding carboxylic acids is 1. The van der Waals surface area contributed by atoms with Crippen molar-refractivity contribution < 1.29 is 4.79 Å². The van der Waals surface area contributed by atoms with Crippen LogP contribution in [0.3, 0.4) is 0 Å². The highest BCUT2D eigenvalue weighted by Crippen LogP contribution is 2.32. The van der Waals surface area contributed by atoms with Crippen molar-refractivity contribution in [2.45, 2.75) is 32.1 Å². The van der Waals surface area contributed by atoms with Crippen molar-refractivity contribution in [1.29, 1.82) is 0 Å². The summed E-state index contributed by atoms with van der Waals surface area (Å²) in [5.41, 5.74) is 7.20. The van der Waals surface area contributed by atoms with Crippen LogP contribution in [0.4, 0.5) is 0 Å². The molecule has 2 atom stereocenters. The van der Waals surface area contributed by atoms with Gasteiger partial charge < -0.3 is 10.6 Å². The fourth-order valence-electron chi connectivity index (χ4n) is 2.88. The lowest BCUT2D eigenvalue weighted by molar-refractivity contribution is -0.130. The van der Waals surface area contributed by atoms with E-state index in [1.807, 2.05) is 11.0 Å². The number of nitrogens with zero attached hydrogens (tertiary/aromatic N) is 1. The van der Waals surface area contributed by atoms with Gasteiger partial charge >= 0.3 is 0 Å². The minimum absolute atomic E-state index is 0.290. The number of hydrogen-bond acceptors (Lipinski definition) is 2. The highest BCUT2D eigenvalue weighted by molar-refractivity contribution is 5.76. The molecule has 0 bridgehead atoms. The van der Waals surface area contributed by atoms with Gasteiger partial charge in [-0.1, -0.05) is 43.7 Å². The quantitative estimate of drug-likeness (QED) is 0.883. The lowest BCUT2D eigenvalue weighted by Gasteiger charge is -2.16. The first-order valence-electron chi connectivity index (χ1n) is 7.29. The van der Waals surface area contributed by atoms with Crippen molar-refractivity contribution >= 4 is 5.91 Å². The Hall–Kier alpha value is -1.35. The number of nitrogens with two attached hydrogens (primary N) is 1. The molecule has 104 valence electrons. The van der Waals surface area contributed by atoms with E-state index in [0.717, 1.165) is 25.9 Å². The summed E-state index contributed by atoms with van der Waals surface area (Å²) in [6, 6.07) is 10.4. The molecule has 1 aromatic carbocycles. The second-order valence-corrected chi connectivity index (χ2v) is 5.42. The number of benzene rings is 1. The lowest BCUT2D eigenvalue weighted by atomic mass is 9.89. The Morgan fingerprint density at radius 2 is 2.05 bits per heavy atom. The summed E-state index contributed by atoms with van der Waals surface area (Å²) < 4.78 is 0. The summed E-state index contributed by atoms with van der Waals surface area (Å²) in [5, 5.41) is 0. The van der Waals surface area contributed by atoms with Gasteiger partial charge in [0.25, 0.3) is 0 Å². The summed E-state index contributed by atoms with van der Waals surface area (Å²) >= 11 is 0. The number of carbonyl (C=O) groups is 1. The Morgan fingerprint density at radius 3 is 2.68 bits per heavy atom. The molecule has 0 aromatic heterocycles. The van der Waals surface area contributed by atoms with E-state index in [0.29, 0.717) is 30.7 Å². The zero-order chi connectivity index (χ0) is 13.7. The van der Waals surface area contributed by atoms with Crippen molar-refractivity contribution in [2.24, 2.45) is 11.7 Å². The third kappa shape index (κ3) is 3.35. The number of hydrogen-bond donors (Lipinski definition) is 1. The maximum Gasteiger partial charge on any atom is 0.222 e. The van der Waals surface area contributed by atoms with Crippen molar-refractivity contribution in [3.8, 4) is 0 Å². The van der Waals surface area contributed by atoms with Crippen LogP contribution >= 0.6 is 0 Å². The SMILES string of the molecule is CCCCC(=O)N1C[C@@H](CN)[C@H](c2ccccc2)C1. The van der Waals surface area contributed by atoms with Gasteiger partial charge in [-0.05, 0) is 24.4 Å². The molecule has 0 aliphatic carbocycles. The zero-order valence-corrected chi connectivity index (χ0v) is 11.7. The van der Waals surface area contributed by atoms with Crippen LogP contribution < -0.4 is 5.73 Å². The van der Waals surface area contributed by atoms with Gasteiger partial charge in [-0.3, -0.25) is 4.79 Å². The van der Waals surface area contributed by atoms with E-state index in [1.54, 1.807) is 0 Å². The van der Waals surface area contributed by atoms with Gasteiger partial charge in [0.15, 0.2) is 0 Å². The van der Waals surface area contributed by atoms with E-state index < -0.39 is 0 Å². The van der Waals surface area contributed by atoms with Gasteiger partial charge in [-0.15, -0.1) is 0 Å². The molecule has 2 rings (SSSR count). The molecule has 1 amide bonds. The number of rotatable bonds is 5. The summed E-state index contributed by atoms with van der Waals surface area (Å²) in [4.78, 5) is 14.1. The summed E-state index contributed by atoms with van der Waals surface area (Å²) in [6.45, 7) is 4.41. The summed E-state index contributed by atoms with van der Waals surface area (Å²) in [6.07, 6.45) is 2.73. The third-order valence-corrected chi connectivity index (χ3v) is 4.07. The summed E-state index contributed by atoms with van der Waals surface area (Å²) in [5.74, 6) is 1.09. The Labute approximate surface area is 115 Å². The molecule has 19 heavy (non-hydrogen) atoms. The van der Waals surface area contributed by atoms with Crippen LogP contribution in [0, 0.1) is 5.92 Å². The monoisotopic (exact) mass is 260 g/mol. The van der Waals surface area contributed by atoms with Crippen LogP contribution in [-0.2, 0) is 4.79 Å². The number of amides is 1. The molecule has 1 saturated heterocycles. The average molecular weight is 260 g/mol. The Bertz CT molecular complexity index is 404. The average Bonchev–Trinajstić information content (AvgIpc) is 2.90. The fraction of sp³-hybridized carbons (Fsp3) is 0.562. The van der Waals surface area contributed by atoms with Gasteiger partial charge in [0.2, 0.25) is 5.91 Å². The van der Waals surface area contributed by atoms with E-state index in [9.17, 15) is 4.79 Å². The van der Waals surface area contributed by atoms with E-state index in [2.05, 4.69) is 31.2 Å². The predicted molar refractivity (Wildman–Crippen MR) is 77.8 cm³/mol. The molecule has 1 aromatic rings. The van der Waals surface area contributed by atoms with Crippen LogP contribution in [0.15, 0.2) is 30.3 Å². The van der Waals surface area contributed by atoms with Gasteiger partial charge in [-0.25, -0.2) is 0 Å². The van der Waals surface area contributed by atoms with Crippen molar-refractivity contribution in [3.63, 3.8) is 0 Å². The van der Waals surface area contributed by atoms with Gasteiger partial charge in [0.1, 0.15) is 0 Å². The molecule has 0 spiro atoms. The van der Waals surface area contributed by atoms with Crippen LogP contribution in [-0.4, -0.2) is 30.4 Å². The molecule has 3 nitrogen and oxygen atoms in total. The van der Waals surface area contributed by atoms with Crippen LogP contribution in [0.1, 0.15) is 37.7 Å². The molecular formula is C16H24N2O. The third-order valence-electron chi connectivity index (χ3n) is 4.07. The molecule has 1 aliphatic heterocycles. The van der Waals surface area contributed by atoms with Crippen molar-refractivity contribution in [2.75, 3.05) is 19.6 Å². The summed E-state index contributed by atoms with van der Waals surface area (Å²) in [7, 11) is 0. The molecule has 0 radical (unpaired) electrons. The minimum Gasteiger partial charge on any atom is -0.342 e. The highest BCUT2D eigenvalue weighted by Gasteiger charge is 2.34. The second kappa shape index (κ2) is 6.71. The molecule has 2 N–H and O–H groups in total. The number of unbranched alkanes of at least 4 members (excludes halogenated alkanes) is 1. The molecule has 1 heterocycles. The van der Waals surface area contributed by atoms with Gasteiger partial charge in [0.05, 0.1) is 0 Å². The topological polar surface area (TPSA) is 46.3 Å². The van der Waals surface area contributed by atoms with Gasteiger partial charge in [0, 0.05) is 25.4 Å². The first-order valence-corrected chi connectivity index (χ1v) is 7.29. The maximum atomic E-state index is 12.1. The molecule has 0 unspecified atom stereocenters. The van der Waals surface area contributed by atoms with E-state index in [4.69, 9.17) is 5.73 Å². The molecule has 1 fully saturated rings. The normalized spacial score (nSPS) is 22.7. The lowest BCUT2D eigenvalue weighted by Crippen LogP contribution is -2.29. The largest absolute Gasteiger partial charge is 0.342 e. The van der Waals surface area contributed by atoms with Crippen LogP contribution in [0.2, 0.25) is 0 Å². The van der Waals surface area contributed by atoms with E-state index in [1.165, 1.54) is 5.56 Å². The minimum atomic E-state index is 0.290. The fourth-order valence-corrected chi connectivity index (χ4v) is 2.88. The Morgan fingerprint density at radius 1 is 1.32 bits per heavy atom. The zero-order valence-electron chi connectivity index (χ0n) is 11.7. The second-order valence-electron chi connectivity index (χ2n) is 5.42. The van der Waals surface area contributed by atoms with Gasteiger partial charge in [-0.2, -0.15) is 0 Å². The molecule has 1 aliphatic rings. The number of likely N-dealkylation sites (tertiary alicyclic amines) is 1. The first kappa shape index (κ1) is 14.1. The Balaban J connectivity index is 2.04. The molecule has 0 saturated carbocycles. The van der Waals surface area contributed by atoms with E-state index >= 15 is 0 Å². The maximum absolute atomic E-state index is 12.1. The first-order chi connectivity index (χ1) is 9.26. The molecule has 3 heteroatoms. The van der Waals surface area contributed by atoms with E-state index in [-0.39, 0.29) is 0 Å². The van der Waals surface area contributed by atoms with Crippen LogP contribution in [0.5, 0.6) is 0 Å². The van der Waals surface area contributed by atoms with Crippen molar-refractivity contribution in [1.82, 2.24) is 4.90 Å². The smallest absolute Gasteiger partial charge is 0.222 e.